The molecule has 1 amide bonds. The molecular formula is C18H33N3O2S. The largest absolute Gasteiger partial charge is 0.368 e. The number of nitrogens with one attached hydrogen (secondary N) is 2. The van der Waals surface area contributed by atoms with Crippen LogP contribution in [0.15, 0.2) is 0 Å². The van der Waals surface area contributed by atoms with E-state index in [1.807, 2.05) is 16.7 Å². The Morgan fingerprint density at radius 3 is 2.71 bits per heavy atom. The van der Waals surface area contributed by atoms with Crippen LogP contribution in [0.2, 0.25) is 0 Å². The Labute approximate surface area is 150 Å². The van der Waals surface area contributed by atoms with Gasteiger partial charge in [-0.25, -0.2) is 0 Å². The Balaban J connectivity index is 1.51. The van der Waals surface area contributed by atoms with E-state index < -0.39 is 0 Å². The van der Waals surface area contributed by atoms with E-state index in [4.69, 9.17) is 4.74 Å². The van der Waals surface area contributed by atoms with Crippen molar-refractivity contribution < 1.29 is 9.53 Å². The monoisotopic (exact) mass is 355 g/mol. The van der Waals surface area contributed by atoms with Crippen LogP contribution in [0.1, 0.15) is 45.4 Å². The summed E-state index contributed by atoms with van der Waals surface area (Å²) in [6.07, 6.45) is 7.59. The number of carbonyl (C=O) groups is 1. The Hall–Kier alpha value is -0.300. The first kappa shape index (κ1) is 18.5. The topological polar surface area (TPSA) is 53.6 Å². The lowest BCUT2D eigenvalue weighted by atomic mass is 9.89. The zero-order valence-corrected chi connectivity index (χ0v) is 15.8. The minimum atomic E-state index is 0.113. The zero-order chi connectivity index (χ0) is 16.8. The molecule has 3 aliphatic rings. The highest BCUT2D eigenvalue weighted by Gasteiger charge is 2.30. The zero-order valence-electron chi connectivity index (χ0n) is 15.0. The number of piperazine rings is 1. The van der Waals surface area contributed by atoms with E-state index in [9.17, 15) is 4.79 Å². The molecule has 3 rings (SSSR count). The standard InChI is InChI=1S/C18H33N3O2S/c1-14-4-6-15(7-5-14)23-13-18(22)21(12-16-3-2-10-24-16)17-11-19-8-9-20-17/h14-17,19-20H,2-13H2,1H3. The van der Waals surface area contributed by atoms with Crippen LogP contribution in [0, 0.1) is 5.92 Å². The molecule has 5 nitrogen and oxygen atoms in total. The summed E-state index contributed by atoms with van der Waals surface area (Å²) in [5.41, 5.74) is 0. The summed E-state index contributed by atoms with van der Waals surface area (Å²) in [6, 6.07) is 0. The quantitative estimate of drug-likeness (QED) is 0.761. The summed E-state index contributed by atoms with van der Waals surface area (Å²) >= 11 is 2.02. The summed E-state index contributed by atoms with van der Waals surface area (Å²) in [7, 11) is 0. The normalized spacial score (nSPS) is 34.2. The number of nitrogens with zero attached hydrogens (tertiary/aromatic N) is 1. The molecule has 3 fully saturated rings. The number of hydrogen-bond acceptors (Lipinski definition) is 5. The van der Waals surface area contributed by atoms with Crippen molar-refractivity contribution in [2.45, 2.75) is 63.0 Å². The highest BCUT2D eigenvalue weighted by Crippen LogP contribution is 2.28. The lowest BCUT2D eigenvalue weighted by Gasteiger charge is -2.37. The van der Waals surface area contributed by atoms with Gasteiger partial charge in [0.15, 0.2) is 0 Å². The lowest BCUT2D eigenvalue weighted by Crippen LogP contribution is -2.60. The SMILES string of the molecule is CC1CCC(OCC(=O)N(CC2CCCS2)C2CNCCN2)CC1. The molecule has 1 aliphatic carbocycles. The molecule has 6 heteroatoms. The first-order valence-corrected chi connectivity index (χ1v) is 10.7. The molecule has 2 heterocycles. The Kier molecular flexibility index (Phi) is 7.25. The van der Waals surface area contributed by atoms with Gasteiger partial charge in [0.2, 0.25) is 5.91 Å². The van der Waals surface area contributed by atoms with Gasteiger partial charge in [-0.15, -0.1) is 0 Å². The van der Waals surface area contributed by atoms with Crippen molar-refractivity contribution in [3.05, 3.63) is 0 Å². The Bertz CT molecular complexity index is 390. The number of carbonyl (C=O) groups excluding carboxylic acids is 1. The highest BCUT2D eigenvalue weighted by atomic mass is 32.2. The second-order valence-electron chi connectivity index (χ2n) is 7.55. The molecular weight excluding hydrogens is 322 g/mol. The van der Waals surface area contributed by atoms with Crippen LogP contribution in [0.5, 0.6) is 0 Å². The molecule has 2 aliphatic heterocycles. The maximum Gasteiger partial charge on any atom is 0.249 e. The van der Waals surface area contributed by atoms with Crippen LogP contribution >= 0.6 is 11.8 Å². The van der Waals surface area contributed by atoms with Crippen molar-refractivity contribution in [1.29, 1.82) is 0 Å². The van der Waals surface area contributed by atoms with Gasteiger partial charge in [-0.05, 0) is 50.2 Å². The first-order chi connectivity index (χ1) is 11.7. The molecule has 2 saturated heterocycles. The number of thioether (sulfide) groups is 1. The van der Waals surface area contributed by atoms with Gasteiger partial charge in [0.05, 0.1) is 12.3 Å². The minimum absolute atomic E-state index is 0.113. The van der Waals surface area contributed by atoms with Crippen LogP contribution in [-0.4, -0.2) is 66.9 Å². The lowest BCUT2D eigenvalue weighted by molar-refractivity contribution is -0.142. The number of amides is 1. The van der Waals surface area contributed by atoms with Crippen LogP contribution in [0.3, 0.4) is 0 Å². The second kappa shape index (κ2) is 9.41. The summed E-state index contributed by atoms with van der Waals surface area (Å²) in [4.78, 5) is 14.9. The van der Waals surface area contributed by atoms with Crippen molar-refractivity contribution in [3.8, 4) is 0 Å². The molecule has 138 valence electrons. The molecule has 0 radical (unpaired) electrons. The molecule has 0 aromatic rings. The number of hydrogen-bond donors (Lipinski definition) is 2. The van der Waals surface area contributed by atoms with E-state index >= 15 is 0 Å². The van der Waals surface area contributed by atoms with E-state index in [1.54, 1.807) is 0 Å². The van der Waals surface area contributed by atoms with Gasteiger partial charge in [-0.2, -0.15) is 11.8 Å². The van der Waals surface area contributed by atoms with E-state index in [-0.39, 0.29) is 24.8 Å². The summed E-state index contributed by atoms with van der Waals surface area (Å²) in [6.45, 7) is 6.15. The molecule has 2 N–H and O–H groups in total. The van der Waals surface area contributed by atoms with Gasteiger partial charge >= 0.3 is 0 Å². The van der Waals surface area contributed by atoms with E-state index in [0.717, 1.165) is 44.9 Å². The average molecular weight is 356 g/mol. The van der Waals surface area contributed by atoms with E-state index in [0.29, 0.717) is 5.25 Å². The van der Waals surface area contributed by atoms with Gasteiger partial charge in [0.1, 0.15) is 6.61 Å². The highest BCUT2D eigenvalue weighted by molar-refractivity contribution is 8.00. The maximum atomic E-state index is 12.9. The fourth-order valence-corrected chi connectivity index (χ4v) is 5.20. The van der Waals surface area contributed by atoms with Gasteiger partial charge in [-0.1, -0.05) is 6.92 Å². The van der Waals surface area contributed by atoms with Gasteiger partial charge in [0.25, 0.3) is 0 Å². The molecule has 1 saturated carbocycles. The third kappa shape index (κ3) is 5.35. The van der Waals surface area contributed by atoms with Gasteiger partial charge < -0.3 is 15.0 Å². The van der Waals surface area contributed by atoms with Crippen molar-refractivity contribution in [1.82, 2.24) is 15.5 Å². The van der Waals surface area contributed by atoms with Gasteiger partial charge in [0, 0.05) is 31.4 Å². The van der Waals surface area contributed by atoms with E-state index in [1.165, 1.54) is 31.4 Å². The Morgan fingerprint density at radius 1 is 1.21 bits per heavy atom. The van der Waals surface area contributed by atoms with Gasteiger partial charge in [-0.3, -0.25) is 10.1 Å². The molecule has 0 aromatic carbocycles. The minimum Gasteiger partial charge on any atom is -0.368 e. The van der Waals surface area contributed by atoms with Crippen LogP contribution in [0.4, 0.5) is 0 Å². The first-order valence-electron chi connectivity index (χ1n) is 9.69. The molecule has 0 bridgehead atoms. The predicted molar refractivity (Wildman–Crippen MR) is 99.2 cm³/mol. The fraction of sp³-hybridized carbons (Fsp3) is 0.944. The second-order valence-corrected chi connectivity index (χ2v) is 8.96. The third-order valence-electron chi connectivity index (χ3n) is 5.55. The van der Waals surface area contributed by atoms with Crippen molar-refractivity contribution in [3.63, 3.8) is 0 Å². The molecule has 24 heavy (non-hydrogen) atoms. The number of ether oxygens (including phenoxy) is 1. The average Bonchev–Trinajstić information content (AvgIpc) is 3.13. The van der Waals surface area contributed by atoms with Crippen LogP contribution in [0.25, 0.3) is 0 Å². The molecule has 0 aromatic heterocycles. The Morgan fingerprint density at radius 2 is 2.04 bits per heavy atom. The maximum absolute atomic E-state index is 12.9. The van der Waals surface area contributed by atoms with Crippen LogP contribution in [-0.2, 0) is 9.53 Å². The predicted octanol–water partition coefficient (Wildman–Crippen LogP) is 1.82. The van der Waals surface area contributed by atoms with Crippen molar-refractivity contribution >= 4 is 17.7 Å². The smallest absolute Gasteiger partial charge is 0.249 e. The summed E-state index contributed by atoms with van der Waals surface area (Å²) in [5, 5.41) is 7.49. The number of rotatable bonds is 6. The molecule has 0 spiro atoms. The fourth-order valence-electron chi connectivity index (χ4n) is 3.94. The summed E-state index contributed by atoms with van der Waals surface area (Å²) < 4.78 is 5.98. The van der Waals surface area contributed by atoms with Crippen LogP contribution < -0.4 is 10.6 Å². The van der Waals surface area contributed by atoms with Crippen molar-refractivity contribution in [2.75, 3.05) is 38.5 Å². The summed E-state index contributed by atoms with van der Waals surface area (Å²) in [5.74, 6) is 2.20. The molecule has 2 unspecified atom stereocenters. The third-order valence-corrected chi connectivity index (χ3v) is 6.93. The van der Waals surface area contributed by atoms with Crippen molar-refractivity contribution in [2.24, 2.45) is 5.92 Å². The molecule has 2 atom stereocenters. The van der Waals surface area contributed by atoms with E-state index in [2.05, 4.69) is 17.6 Å².